The summed E-state index contributed by atoms with van der Waals surface area (Å²) in [6.07, 6.45) is 1.07. The summed E-state index contributed by atoms with van der Waals surface area (Å²) < 4.78 is 0. The third-order valence-corrected chi connectivity index (χ3v) is 6.34. The Hall–Kier alpha value is -3.07. The summed E-state index contributed by atoms with van der Waals surface area (Å²) >= 11 is 4.12. The molecule has 0 spiro atoms. The second kappa shape index (κ2) is 18.3. The van der Waals surface area contributed by atoms with Crippen molar-refractivity contribution in [2.45, 2.75) is 91.0 Å². The molecule has 40 heavy (non-hydrogen) atoms. The largest absolute Gasteiger partial charge is 0.480 e. The number of guanidine groups is 1. The highest BCUT2D eigenvalue weighted by atomic mass is 32.1. The molecule has 0 aromatic heterocycles. The molecule has 0 aliphatic rings. The zero-order valence-electron chi connectivity index (χ0n) is 24.2. The van der Waals surface area contributed by atoms with Gasteiger partial charge in [-0.15, -0.1) is 0 Å². The van der Waals surface area contributed by atoms with Gasteiger partial charge in [0, 0.05) is 12.3 Å². The zero-order chi connectivity index (χ0) is 31.2. The quantitative estimate of drug-likeness (QED) is 0.0403. The van der Waals surface area contributed by atoms with E-state index in [2.05, 4.69) is 39.2 Å². The monoisotopic (exact) mass is 588 g/mol. The van der Waals surface area contributed by atoms with Crippen LogP contribution in [0.15, 0.2) is 0 Å². The number of hydrogen-bond acceptors (Lipinski definition) is 8. The third kappa shape index (κ3) is 13.8. The number of carbonyl (C=O) groups excluding carboxylic acids is 4. The van der Waals surface area contributed by atoms with E-state index < -0.39 is 59.8 Å². The first-order valence-electron chi connectivity index (χ1n) is 13.4. The minimum absolute atomic E-state index is 0.0266. The van der Waals surface area contributed by atoms with Gasteiger partial charge in [-0.25, -0.2) is 4.79 Å². The van der Waals surface area contributed by atoms with Crippen LogP contribution in [0, 0.1) is 23.2 Å². The van der Waals surface area contributed by atoms with Crippen molar-refractivity contribution >= 4 is 48.2 Å². The topological polar surface area (TPSA) is 242 Å². The van der Waals surface area contributed by atoms with Crippen LogP contribution < -0.4 is 38.1 Å². The maximum atomic E-state index is 13.2. The second-order valence-corrected chi connectivity index (χ2v) is 11.2. The van der Waals surface area contributed by atoms with Crippen molar-refractivity contribution in [1.82, 2.24) is 26.6 Å². The van der Waals surface area contributed by atoms with E-state index in [1.165, 1.54) is 0 Å². The molecule has 0 bridgehead atoms. The number of carboxylic acid groups (broad SMARTS) is 1. The number of aliphatic carboxylic acids is 1. The summed E-state index contributed by atoms with van der Waals surface area (Å²) in [7, 11) is 0. The van der Waals surface area contributed by atoms with Gasteiger partial charge in [0.25, 0.3) is 0 Å². The van der Waals surface area contributed by atoms with E-state index in [-0.39, 0.29) is 35.9 Å². The third-order valence-electron chi connectivity index (χ3n) is 5.98. The molecule has 0 aliphatic carbocycles. The zero-order valence-corrected chi connectivity index (χ0v) is 25.1. The molecular weight excluding hydrogens is 540 g/mol. The molecule has 0 aliphatic heterocycles. The number of nitrogens with one attached hydrogen (secondary N) is 6. The van der Waals surface area contributed by atoms with Gasteiger partial charge in [-0.2, -0.15) is 12.6 Å². The Morgan fingerprint density at radius 1 is 0.800 bits per heavy atom. The van der Waals surface area contributed by atoms with Crippen molar-refractivity contribution < 1.29 is 29.1 Å². The van der Waals surface area contributed by atoms with Crippen molar-refractivity contribution in [3.63, 3.8) is 0 Å². The Bertz CT molecular complexity index is 885. The molecule has 0 radical (unpaired) electrons. The number of hydrogen-bond donors (Lipinski definition) is 10. The van der Waals surface area contributed by atoms with Crippen LogP contribution in [0.3, 0.4) is 0 Å². The number of carbonyl (C=O) groups is 5. The van der Waals surface area contributed by atoms with Crippen LogP contribution in [0.2, 0.25) is 0 Å². The lowest BCUT2D eigenvalue weighted by molar-refractivity contribution is -0.143. The van der Waals surface area contributed by atoms with Crippen molar-refractivity contribution in [2.24, 2.45) is 29.2 Å². The number of amides is 4. The molecule has 0 saturated carbocycles. The molecule has 0 aromatic rings. The molecule has 0 heterocycles. The summed E-state index contributed by atoms with van der Waals surface area (Å²) in [5, 5.41) is 29.4. The van der Waals surface area contributed by atoms with Gasteiger partial charge in [-0.05, 0) is 37.0 Å². The second-order valence-electron chi connectivity index (χ2n) is 10.8. The fraction of sp³-hybridized carbons (Fsp3) is 0.760. The molecule has 15 heteroatoms. The number of nitrogens with two attached hydrogens (primary N) is 2. The Kier molecular flexibility index (Phi) is 16.9. The molecule has 0 rings (SSSR count). The standard InChI is InChI=1S/C25H48N8O6S/c1-12(2)10-16(30-20(34)15(26)8-7-9-29-25(27)28)21(35)32-18(13(3)4)23(37)31-17(11-40)22(36)33-19(14(5)6)24(38)39/h12-19,40H,7-11,26H2,1-6H3,(H,30,34)(H,31,37)(H,32,35)(H,33,36)(H,38,39)(H4,27,28,29)/t15-,16-,17-,18-,19-/m0/s1. The first-order valence-corrected chi connectivity index (χ1v) is 14.0. The van der Waals surface area contributed by atoms with Gasteiger partial charge < -0.3 is 43.2 Å². The molecule has 14 nitrogen and oxygen atoms in total. The average Bonchev–Trinajstić information content (AvgIpc) is 2.84. The van der Waals surface area contributed by atoms with Crippen LogP contribution in [0.5, 0.6) is 0 Å². The lowest BCUT2D eigenvalue weighted by Gasteiger charge is -2.28. The van der Waals surface area contributed by atoms with Gasteiger partial charge in [-0.1, -0.05) is 41.5 Å². The maximum absolute atomic E-state index is 13.2. The van der Waals surface area contributed by atoms with Gasteiger partial charge >= 0.3 is 5.97 Å². The predicted octanol–water partition coefficient (Wildman–Crippen LogP) is -1.11. The number of rotatable bonds is 18. The molecule has 11 N–H and O–H groups in total. The lowest BCUT2D eigenvalue weighted by atomic mass is 9.99. The smallest absolute Gasteiger partial charge is 0.326 e. The molecule has 0 saturated heterocycles. The van der Waals surface area contributed by atoms with Crippen molar-refractivity contribution in [3.05, 3.63) is 0 Å². The highest BCUT2D eigenvalue weighted by Gasteiger charge is 2.33. The summed E-state index contributed by atoms with van der Waals surface area (Å²) in [6, 6.07) is -5.20. The van der Waals surface area contributed by atoms with Crippen LogP contribution in [-0.4, -0.2) is 83.2 Å². The van der Waals surface area contributed by atoms with E-state index in [1.54, 1.807) is 27.7 Å². The average molecular weight is 589 g/mol. The summed E-state index contributed by atoms with van der Waals surface area (Å²) in [4.78, 5) is 63.2. The van der Waals surface area contributed by atoms with Gasteiger partial charge in [0.05, 0.1) is 6.04 Å². The Morgan fingerprint density at radius 3 is 1.75 bits per heavy atom. The van der Waals surface area contributed by atoms with Gasteiger partial charge in [0.15, 0.2) is 5.96 Å². The van der Waals surface area contributed by atoms with Crippen LogP contribution in [0.4, 0.5) is 0 Å². The maximum Gasteiger partial charge on any atom is 0.326 e. The van der Waals surface area contributed by atoms with Crippen LogP contribution >= 0.6 is 12.6 Å². The summed E-state index contributed by atoms with van der Waals surface area (Å²) in [5.41, 5.74) is 11.2. The summed E-state index contributed by atoms with van der Waals surface area (Å²) in [6.45, 7) is 10.8. The predicted molar refractivity (Wildman–Crippen MR) is 155 cm³/mol. The fourth-order valence-corrected chi connectivity index (χ4v) is 3.93. The molecular formula is C25H48N8O6S. The normalized spacial score (nSPS) is 15.0. The molecule has 5 atom stereocenters. The highest BCUT2D eigenvalue weighted by molar-refractivity contribution is 7.80. The molecule has 0 fully saturated rings. The number of carboxylic acids is 1. The van der Waals surface area contributed by atoms with Gasteiger partial charge in [0.2, 0.25) is 23.6 Å². The van der Waals surface area contributed by atoms with Gasteiger partial charge in [0.1, 0.15) is 24.2 Å². The van der Waals surface area contributed by atoms with Crippen molar-refractivity contribution in [2.75, 3.05) is 12.3 Å². The minimum atomic E-state index is -1.20. The van der Waals surface area contributed by atoms with E-state index in [0.29, 0.717) is 19.4 Å². The van der Waals surface area contributed by atoms with E-state index in [0.717, 1.165) is 0 Å². The van der Waals surface area contributed by atoms with E-state index in [1.807, 2.05) is 13.8 Å². The van der Waals surface area contributed by atoms with Crippen molar-refractivity contribution in [1.29, 1.82) is 5.41 Å². The first kappa shape index (κ1) is 36.9. The van der Waals surface area contributed by atoms with E-state index >= 15 is 0 Å². The Morgan fingerprint density at radius 2 is 1.30 bits per heavy atom. The van der Waals surface area contributed by atoms with E-state index in [9.17, 15) is 29.1 Å². The van der Waals surface area contributed by atoms with Crippen LogP contribution in [0.1, 0.15) is 60.8 Å². The number of thiol groups is 1. The van der Waals surface area contributed by atoms with Gasteiger partial charge in [-0.3, -0.25) is 24.6 Å². The molecule has 230 valence electrons. The van der Waals surface area contributed by atoms with E-state index in [4.69, 9.17) is 16.9 Å². The summed E-state index contributed by atoms with van der Waals surface area (Å²) in [5.74, 6) is -4.72. The highest BCUT2D eigenvalue weighted by Crippen LogP contribution is 2.10. The fourth-order valence-electron chi connectivity index (χ4n) is 3.67. The first-order chi connectivity index (χ1) is 18.5. The van der Waals surface area contributed by atoms with Crippen LogP contribution in [-0.2, 0) is 24.0 Å². The molecule has 4 amide bonds. The minimum Gasteiger partial charge on any atom is -0.480 e. The Balaban J connectivity index is 5.45. The molecule has 0 unspecified atom stereocenters. The van der Waals surface area contributed by atoms with Crippen molar-refractivity contribution in [3.8, 4) is 0 Å². The molecule has 0 aromatic carbocycles. The Labute approximate surface area is 241 Å². The lowest BCUT2D eigenvalue weighted by Crippen LogP contribution is -2.60. The SMILES string of the molecule is CC(C)C[C@H](NC(=O)[C@@H](N)CCCNC(=N)N)C(=O)N[C@H](C(=O)N[C@@H](CS)C(=O)N[C@H](C(=O)O)C(C)C)C(C)C. The van der Waals surface area contributed by atoms with Crippen LogP contribution in [0.25, 0.3) is 0 Å².